The number of aliphatic imine (C=N–C) groups is 1. The molecule has 0 fully saturated rings. The highest BCUT2D eigenvalue weighted by molar-refractivity contribution is 8.14. The molecule has 1 nitrogen and oxygen atoms in total. The summed E-state index contributed by atoms with van der Waals surface area (Å²) in [5, 5.41) is 3.84. The number of halogens is 1. The zero-order chi connectivity index (χ0) is 18.2. The topological polar surface area (TPSA) is 12.4 Å². The standard InChI is InChI=1S/C22H18ClNS2/c1-17(16-25-20-12-6-3-7-13-20)22(24-19-10-4-2-5-11-19)26-21-14-8-9-18(23)15-21/h2-16H,1H3/b17-16+,24-22-. The Kier molecular flexibility index (Phi) is 7.01. The van der Waals surface area contributed by atoms with E-state index in [1.807, 2.05) is 66.7 Å². The quantitative estimate of drug-likeness (QED) is 0.247. The van der Waals surface area contributed by atoms with Crippen molar-refractivity contribution in [2.75, 3.05) is 0 Å². The van der Waals surface area contributed by atoms with Crippen molar-refractivity contribution in [3.05, 3.63) is 101 Å². The lowest BCUT2D eigenvalue weighted by molar-refractivity contribution is 1.46. The lowest BCUT2D eigenvalue weighted by Gasteiger charge is -2.08. The van der Waals surface area contributed by atoms with Crippen LogP contribution in [-0.2, 0) is 0 Å². The molecule has 0 radical (unpaired) electrons. The first-order chi connectivity index (χ1) is 12.7. The number of thioether (sulfide) groups is 2. The molecule has 0 unspecified atom stereocenters. The van der Waals surface area contributed by atoms with E-state index in [9.17, 15) is 0 Å². The monoisotopic (exact) mass is 395 g/mol. The first kappa shape index (κ1) is 18.8. The SMILES string of the molecule is CC(=C\Sc1ccccc1)/C(=N/c1ccccc1)Sc1cccc(Cl)c1. The van der Waals surface area contributed by atoms with Gasteiger partial charge in [-0.2, -0.15) is 0 Å². The molecule has 3 aromatic rings. The Hall–Kier alpha value is -1.94. The van der Waals surface area contributed by atoms with Gasteiger partial charge < -0.3 is 0 Å². The van der Waals surface area contributed by atoms with Crippen LogP contribution in [0.3, 0.4) is 0 Å². The summed E-state index contributed by atoms with van der Waals surface area (Å²) >= 11 is 9.46. The van der Waals surface area contributed by atoms with E-state index in [4.69, 9.17) is 16.6 Å². The van der Waals surface area contributed by atoms with E-state index in [-0.39, 0.29) is 0 Å². The van der Waals surface area contributed by atoms with Crippen LogP contribution in [0.2, 0.25) is 5.02 Å². The van der Waals surface area contributed by atoms with Crippen molar-refractivity contribution in [3.63, 3.8) is 0 Å². The van der Waals surface area contributed by atoms with Crippen LogP contribution in [0.5, 0.6) is 0 Å². The van der Waals surface area contributed by atoms with Gasteiger partial charge in [0, 0.05) is 14.8 Å². The van der Waals surface area contributed by atoms with E-state index < -0.39 is 0 Å². The van der Waals surface area contributed by atoms with Crippen molar-refractivity contribution in [2.45, 2.75) is 16.7 Å². The van der Waals surface area contributed by atoms with Crippen molar-refractivity contribution in [2.24, 2.45) is 4.99 Å². The fourth-order valence-corrected chi connectivity index (χ4v) is 4.15. The number of benzene rings is 3. The second-order valence-electron chi connectivity index (χ2n) is 5.54. The Morgan fingerprint density at radius 3 is 2.19 bits per heavy atom. The molecule has 0 saturated heterocycles. The van der Waals surface area contributed by atoms with E-state index in [2.05, 4.69) is 30.5 Å². The number of hydrogen-bond donors (Lipinski definition) is 0. The molecule has 130 valence electrons. The van der Waals surface area contributed by atoms with Gasteiger partial charge in [0.05, 0.1) is 5.69 Å². The molecule has 0 amide bonds. The van der Waals surface area contributed by atoms with Crippen LogP contribution in [0.1, 0.15) is 6.92 Å². The third kappa shape index (κ3) is 5.80. The summed E-state index contributed by atoms with van der Waals surface area (Å²) in [6.45, 7) is 2.09. The number of nitrogens with zero attached hydrogens (tertiary/aromatic N) is 1. The van der Waals surface area contributed by atoms with Gasteiger partial charge in [0.1, 0.15) is 5.04 Å². The van der Waals surface area contributed by atoms with Crippen LogP contribution in [0.4, 0.5) is 5.69 Å². The Morgan fingerprint density at radius 1 is 0.846 bits per heavy atom. The summed E-state index contributed by atoms with van der Waals surface area (Å²) < 4.78 is 0. The fourth-order valence-electron chi connectivity index (χ4n) is 2.16. The molecule has 3 rings (SSSR count). The van der Waals surface area contributed by atoms with Gasteiger partial charge in [-0.25, -0.2) is 4.99 Å². The summed E-state index contributed by atoms with van der Waals surface area (Å²) in [6, 6.07) is 28.2. The maximum Gasteiger partial charge on any atom is 0.105 e. The fraction of sp³-hybridized carbons (Fsp3) is 0.0455. The van der Waals surface area contributed by atoms with E-state index in [1.165, 1.54) is 4.90 Å². The van der Waals surface area contributed by atoms with Gasteiger partial charge in [0.25, 0.3) is 0 Å². The zero-order valence-corrected chi connectivity index (χ0v) is 16.7. The van der Waals surface area contributed by atoms with E-state index in [0.29, 0.717) is 0 Å². The lowest BCUT2D eigenvalue weighted by atomic mass is 10.3. The van der Waals surface area contributed by atoms with E-state index in [0.717, 1.165) is 26.2 Å². The van der Waals surface area contributed by atoms with Crippen LogP contribution >= 0.6 is 35.1 Å². The Morgan fingerprint density at radius 2 is 1.50 bits per heavy atom. The van der Waals surface area contributed by atoms with Crippen molar-refractivity contribution in [1.82, 2.24) is 0 Å². The molecule has 0 aliphatic rings. The average molecular weight is 396 g/mol. The maximum absolute atomic E-state index is 6.14. The molecular weight excluding hydrogens is 378 g/mol. The van der Waals surface area contributed by atoms with Gasteiger partial charge in [0.2, 0.25) is 0 Å². The minimum Gasteiger partial charge on any atom is -0.241 e. The molecule has 0 bridgehead atoms. The number of rotatable bonds is 5. The Labute approximate surface area is 168 Å². The molecule has 0 heterocycles. The Balaban J connectivity index is 1.88. The highest BCUT2D eigenvalue weighted by atomic mass is 35.5. The zero-order valence-electron chi connectivity index (χ0n) is 14.3. The lowest BCUT2D eigenvalue weighted by Crippen LogP contribution is -1.94. The largest absolute Gasteiger partial charge is 0.241 e. The first-order valence-electron chi connectivity index (χ1n) is 8.17. The minimum absolute atomic E-state index is 0.731. The van der Waals surface area contributed by atoms with Gasteiger partial charge in [-0.3, -0.25) is 0 Å². The van der Waals surface area contributed by atoms with Gasteiger partial charge in [-0.1, -0.05) is 77.6 Å². The summed E-state index contributed by atoms with van der Waals surface area (Å²) in [5.41, 5.74) is 2.06. The van der Waals surface area contributed by atoms with Gasteiger partial charge in [-0.15, -0.1) is 0 Å². The first-order valence-corrected chi connectivity index (χ1v) is 10.2. The second kappa shape index (κ2) is 9.67. The normalized spacial score (nSPS) is 12.2. The average Bonchev–Trinajstić information content (AvgIpc) is 2.67. The molecule has 0 atom stereocenters. The molecule has 26 heavy (non-hydrogen) atoms. The van der Waals surface area contributed by atoms with E-state index >= 15 is 0 Å². The molecule has 0 N–H and O–H groups in total. The number of para-hydroxylation sites is 1. The minimum atomic E-state index is 0.731. The molecule has 0 saturated carbocycles. The molecule has 4 heteroatoms. The summed E-state index contributed by atoms with van der Waals surface area (Å²) in [7, 11) is 0. The van der Waals surface area contributed by atoms with Crippen molar-refractivity contribution in [3.8, 4) is 0 Å². The molecular formula is C22H18ClNS2. The van der Waals surface area contributed by atoms with Crippen molar-refractivity contribution >= 4 is 45.9 Å². The second-order valence-corrected chi connectivity index (χ2v) is 7.99. The predicted octanol–water partition coefficient (Wildman–Crippen LogP) is 7.86. The van der Waals surface area contributed by atoms with Crippen LogP contribution in [0, 0.1) is 0 Å². The van der Waals surface area contributed by atoms with Crippen molar-refractivity contribution in [1.29, 1.82) is 0 Å². The van der Waals surface area contributed by atoms with Gasteiger partial charge in [0.15, 0.2) is 0 Å². The van der Waals surface area contributed by atoms with Gasteiger partial charge >= 0.3 is 0 Å². The van der Waals surface area contributed by atoms with Gasteiger partial charge in [-0.05, 0) is 60.4 Å². The highest BCUT2D eigenvalue weighted by Gasteiger charge is 2.07. The molecule has 0 spiro atoms. The van der Waals surface area contributed by atoms with Crippen LogP contribution < -0.4 is 0 Å². The highest BCUT2D eigenvalue weighted by Crippen LogP contribution is 2.30. The molecule has 0 aromatic heterocycles. The number of hydrogen-bond acceptors (Lipinski definition) is 3. The third-order valence-corrected chi connectivity index (χ3v) is 5.80. The maximum atomic E-state index is 6.14. The molecule has 0 aliphatic carbocycles. The van der Waals surface area contributed by atoms with E-state index in [1.54, 1.807) is 23.5 Å². The molecule has 3 aromatic carbocycles. The summed E-state index contributed by atoms with van der Waals surface area (Å²) in [5.74, 6) is 0. The van der Waals surface area contributed by atoms with Crippen LogP contribution in [0.15, 0.2) is 111 Å². The summed E-state index contributed by atoms with van der Waals surface area (Å²) in [6.07, 6.45) is 0. The van der Waals surface area contributed by atoms with Crippen molar-refractivity contribution < 1.29 is 0 Å². The third-order valence-electron chi connectivity index (χ3n) is 3.45. The molecule has 0 aliphatic heterocycles. The van der Waals surface area contributed by atoms with Crippen LogP contribution in [0.25, 0.3) is 0 Å². The summed E-state index contributed by atoms with van der Waals surface area (Å²) in [4.78, 5) is 7.13. The smallest absolute Gasteiger partial charge is 0.105 e. The Bertz CT molecular complexity index is 906. The van der Waals surface area contributed by atoms with Crippen LogP contribution in [-0.4, -0.2) is 5.04 Å². The predicted molar refractivity (Wildman–Crippen MR) is 117 cm³/mol.